The van der Waals surface area contributed by atoms with Gasteiger partial charge in [-0.15, -0.1) is 0 Å². The van der Waals surface area contributed by atoms with E-state index >= 15 is 0 Å². The highest BCUT2D eigenvalue weighted by atomic mass is 17.2. The Hall–Kier alpha value is -1.26. The predicted molar refractivity (Wildman–Crippen MR) is 51.2 cm³/mol. The molecule has 1 aromatic carbocycles. The topological polar surface area (TPSA) is 39.7 Å². The summed E-state index contributed by atoms with van der Waals surface area (Å²) < 4.78 is 5.30. The SMILES string of the molecule is CNCc1ccc2c(c1OC)OOC2. The molecular formula is C10H13NO3. The molecule has 0 bridgehead atoms. The van der Waals surface area contributed by atoms with Crippen molar-refractivity contribution in [1.82, 2.24) is 5.32 Å². The summed E-state index contributed by atoms with van der Waals surface area (Å²) in [5.41, 5.74) is 2.10. The molecule has 0 saturated carbocycles. The molecule has 1 aliphatic rings. The maximum atomic E-state index is 5.30. The average Bonchev–Trinajstić information content (AvgIpc) is 2.66. The zero-order valence-electron chi connectivity index (χ0n) is 8.29. The van der Waals surface area contributed by atoms with Crippen LogP contribution in [0, 0.1) is 0 Å². The molecule has 0 amide bonds. The van der Waals surface area contributed by atoms with E-state index in [9.17, 15) is 0 Å². The Labute approximate surface area is 82.7 Å². The van der Waals surface area contributed by atoms with Crippen molar-refractivity contribution in [2.75, 3.05) is 14.2 Å². The van der Waals surface area contributed by atoms with Crippen LogP contribution in [0.1, 0.15) is 11.1 Å². The fourth-order valence-electron chi connectivity index (χ4n) is 1.55. The summed E-state index contributed by atoms with van der Waals surface area (Å²) in [6.07, 6.45) is 0. The number of benzene rings is 1. The van der Waals surface area contributed by atoms with Gasteiger partial charge in [-0.1, -0.05) is 12.1 Å². The standard InChI is InChI=1S/C10H13NO3/c1-11-5-7-3-4-8-6-13-14-10(8)9(7)12-2/h3-4,11H,5-6H2,1-2H3. The zero-order chi connectivity index (χ0) is 9.97. The lowest BCUT2D eigenvalue weighted by molar-refractivity contribution is -0.195. The van der Waals surface area contributed by atoms with Crippen LogP contribution in [0.3, 0.4) is 0 Å². The molecule has 4 heteroatoms. The number of nitrogens with one attached hydrogen (secondary N) is 1. The maximum Gasteiger partial charge on any atom is 0.213 e. The number of hydrogen-bond donors (Lipinski definition) is 1. The molecule has 0 aromatic heterocycles. The first-order valence-electron chi connectivity index (χ1n) is 4.49. The minimum atomic E-state index is 0.492. The van der Waals surface area contributed by atoms with Crippen molar-refractivity contribution in [2.24, 2.45) is 0 Å². The van der Waals surface area contributed by atoms with Crippen molar-refractivity contribution in [1.29, 1.82) is 0 Å². The van der Waals surface area contributed by atoms with E-state index in [4.69, 9.17) is 14.5 Å². The van der Waals surface area contributed by atoms with Gasteiger partial charge in [0.25, 0.3) is 0 Å². The van der Waals surface area contributed by atoms with Crippen LogP contribution in [-0.2, 0) is 18.0 Å². The van der Waals surface area contributed by atoms with E-state index in [1.165, 1.54) is 0 Å². The van der Waals surface area contributed by atoms with Gasteiger partial charge in [0, 0.05) is 17.7 Å². The van der Waals surface area contributed by atoms with Crippen molar-refractivity contribution < 1.29 is 14.5 Å². The van der Waals surface area contributed by atoms with E-state index in [1.54, 1.807) is 7.11 Å². The van der Waals surface area contributed by atoms with Gasteiger partial charge in [0.2, 0.25) is 5.75 Å². The van der Waals surface area contributed by atoms with Crippen LogP contribution in [0.4, 0.5) is 0 Å². The van der Waals surface area contributed by atoms with Crippen LogP contribution >= 0.6 is 0 Å². The number of ether oxygens (including phenoxy) is 1. The highest BCUT2D eigenvalue weighted by Crippen LogP contribution is 2.38. The van der Waals surface area contributed by atoms with Gasteiger partial charge in [-0.25, -0.2) is 0 Å². The summed E-state index contributed by atoms with van der Waals surface area (Å²) in [5, 5.41) is 3.07. The fraction of sp³-hybridized carbons (Fsp3) is 0.400. The van der Waals surface area contributed by atoms with Gasteiger partial charge in [-0.3, -0.25) is 0 Å². The summed E-state index contributed by atoms with van der Waals surface area (Å²) in [4.78, 5) is 9.94. The molecule has 0 spiro atoms. The molecule has 1 aromatic rings. The van der Waals surface area contributed by atoms with Crippen LogP contribution in [0.15, 0.2) is 12.1 Å². The van der Waals surface area contributed by atoms with Crippen molar-refractivity contribution >= 4 is 0 Å². The molecule has 0 fully saturated rings. The van der Waals surface area contributed by atoms with Gasteiger partial charge in [-0.2, -0.15) is 4.89 Å². The second kappa shape index (κ2) is 3.86. The van der Waals surface area contributed by atoms with E-state index in [0.29, 0.717) is 12.4 Å². The Bertz CT molecular complexity index is 338. The second-order valence-corrected chi connectivity index (χ2v) is 3.12. The van der Waals surface area contributed by atoms with Crippen LogP contribution < -0.4 is 14.9 Å². The molecule has 76 valence electrons. The minimum Gasteiger partial charge on any atom is -0.492 e. The molecule has 1 N–H and O–H groups in total. The van der Waals surface area contributed by atoms with E-state index in [1.807, 2.05) is 19.2 Å². The third-order valence-electron chi connectivity index (χ3n) is 2.20. The summed E-state index contributed by atoms with van der Waals surface area (Å²) in [5.74, 6) is 1.47. The Morgan fingerprint density at radius 2 is 2.36 bits per heavy atom. The highest BCUT2D eigenvalue weighted by Gasteiger charge is 2.21. The first-order chi connectivity index (χ1) is 6.86. The lowest BCUT2D eigenvalue weighted by Gasteiger charge is -2.10. The molecule has 0 unspecified atom stereocenters. The lowest BCUT2D eigenvalue weighted by atomic mass is 10.1. The average molecular weight is 195 g/mol. The normalized spacial score (nSPS) is 13.6. The van der Waals surface area contributed by atoms with Gasteiger partial charge in [0.1, 0.15) is 6.61 Å². The lowest BCUT2D eigenvalue weighted by Crippen LogP contribution is -2.07. The molecule has 0 saturated heterocycles. The zero-order valence-corrected chi connectivity index (χ0v) is 8.29. The Kier molecular flexibility index (Phi) is 2.56. The first kappa shape index (κ1) is 9.30. The molecule has 14 heavy (non-hydrogen) atoms. The molecule has 2 rings (SSSR count). The smallest absolute Gasteiger partial charge is 0.213 e. The molecule has 1 heterocycles. The highest BCUT2D eigenvalue weighted by molar-refractivity contribution is 5.52. The molecule has 1 aliphatic heterocycles. The monoisotopic (exact) mass is 195 g/mol. The Morgan fingerprint density at radius 1 is 1.50 bits per heavy atom. The second-order valence-electron chi connectivity index (χ2n) is 3.12. The quantitative estimate of drug-likeness (QED) is 0.736. The summed E-state index contributed by atoms with van der Waals surface area (Å²) in [7, 11) is 3.53. The van der Waals surface area contributed by atoms with Crippen LogP contribution in [-0.4, -0.2) is 14.2 Å². The minimum absolute atomic E-state index is 0.492. The Morgan fingerprint density at radius 3 is 3.07 bits per heavy atom. The number of fused-ring (bicyclic) bond motifs is 1. The number of methoxy groups -OCH3 is 1. The molecule has 0 aliphatic carbocycles. The van der Waals surface area contributed by atoms with Gasteiger partial charge in [0.05, 0.1) is 7.11 Å². The van der Waals surface area contributed by atoms with E-state index in [-0.39, 0.29) is 0 Å². The van der Waals surface area contributed by atoms with Crippen LogP contribution in [0.2, 0.25) is 0 Å². The predicted octanol–water partition coefficient (Wildman–Crippen LogP) is 1.24. The number of rotatable bonds is 3. The van der Waals surface area contributed by atoms with Crippen molar-refractivity contribution in [3.05, 3.63) is 23.3 Å². The van der Waals surface area contributed by atoms with Crippen LogP contribution in [0.5, 0.6) is 11.5 Å². The van der Waals surface area contributed by atoms with Crippen molar-refractivity contribution in [3.8, 4) is 11.5 Å². The van der Waals surface area contributed by atoms with E-state index < -0.39 is 0 Å². The van der Waals surface area contributed by atoms with Crippen molar-refractivity contribution in [2.45, 2.75) is 13.2 Å². The van der Waals surface area contributed by atoms with Gasteiger partial charge < -0.3 is 14.9 Å². The van der Waals surface area contributed by atoms with Crippen molar-refractivity contribution in [3.63, 3.8) is 0 Å². The Balaban J connectivity index is 2.43. The third kappa shape index (κ3) is 1.42. The molecule has 0 atom stereocenters. The van der Waals surface area contributed by atoms with E-state index in [0.717, 1.165) is 23.4 Å². The number of hydrogen-bond acceptors (Lipinski definition) is 4. The van der Waals surface area contributed by atoms with E-state index in [2.05, 4.69) is 5.32 Å². The largest absolute Gasteiger partial charge is 0.492 e. The summed E-state index contributed by atoms with van der Waals surface area (Å²) >= 11 is 0. The maximum absolute atomic E-state index is 5.30. The molecular weight excluding hydrogens is 182 g/mol. The van der Waals surface area contributed by atoms with Crippen LogP contribution in [0.25, 0.3) is 0 Å². The third-order valence-corrected chi connectivity index (χ3v) is 2.20. The molecule has 4 nitrogen and oxygen atoms in total. The summed E-state index contributed by atoms with van der Waals surface area (Å²) in [6.45, 7) is 1.24. The fourth-order valence-corrected chi connectivity index (χ4v) is 1.55. The molecule has 0 radical (unpaired) electrons. The first-order valence-corrected chi connectivity index (χ1v) is 4.49. The summed E-state index contributed by atoms with van der Waals surface area (Å²) in [6, 6.07) is 4.02. The van der Waals surface area contributed by atoms with Gasteiger partial charge in [0.15, 0.2) is 5.75 Å². The van der Waals surface area contributed by atoms with Gasteiger partial charge in [-0.05, 0) is 7.05 Å². The van der Waals surface area contributed by atoms with Gasteiger partial charge >= 0.3 is 0 Å².